The van der Waals surface area contributed by atoms with Crippen molar-refractivity contribution < 1.29 is 9.47 Å². The van der Waals surface area contributed by atoms with E-state index in [9.17, 15) is 0 Å². The Hall–Kier alpha value is -0.590. The SMILES string of the molecule is CSCCCNC(=NCc1nnc(C)n1C)N1CCC(OCC2CCCO2)CC1.I. The van der Waals surface area contributed by atoms with E-state index in [2.05, 4.69) is 26.7 Å². The number of guanidine groups is 1. The van der Waals surface area contributed by atoms with Gasteiger partial charge in [-0.15, -0.1) is 34.2 Å². The maximum atomic E-state index is 6.12. The van der Waals surface area contributed by atoms with Crippen molar-refractivity contribution in [1.82, 2.24) is 25.0 Å². The number of ether oxygens (including phenoxy) is 2. The van der Waals surface area contributed by atoms with Crippen LogP contribution in [0.1, 0.15) is 43.8 Å². The molecule has 2 saturated heterocycles. The molecule has 0 amide bonds. The Labute approximate surface area is 202 Å². The van der Waals surface area contributed by atoms with E-state index in [0.29, 0.717) is 18.8 Å². The third-order valence-corrected chi connectivity index (χ3v) is 6.34. The number of halogens is 1. The van der Waals surface area contributed by atoms with E-state index in [1.165, 1.54) is 6.42 Å². The summed E-state index contributed by atoms with van der Waals surface area (Å²) < 4.78 is 13.8. The number of aryl methyl sites for hydroxylation is 1. The quantitative estimate of drug-likeness (QED) is 0.219. The maximum Gasteiger partial charge on any atom is 0.194 e. The third kappa shape index (κ3) is 7.83. The number of hydrogen-bond acceptors (Lipinski definition) is 6. The first-order valence-corrected chi connectivity index (χ1v) is 12.2. The summed E-state index contributed by atoms with van der Waals surface area (Å²) in [6.45, 7) is 6.99. The number of nitrogens with one attached hydrogen (secondary N) is 1. The number of piperidine rings is 1. The summed E-state index contributed by atoms with van der Waals surface area (Å²) in [4.78, 5) is 7.22. The molecule has 0 bridgehead atoms. The Morgan fingerprint density at radius 2 is 2.10 bits per heavy atom. The average Bonchev–Trinajstić information content (AvgIpc) is 3.37. The Kier molecular flexibility index (Phi) is 11.8. The number of hydrogen-bond donors (Lipinski definition) is 1. The number of nitrogens with zero attached hydrogens (tertiary/aromatic N) is 5. The highest BCUT2D eigenvalue weighted by Gasteiger charge is 2.24. The fourth-order valence-corrected chi connectivity index (χ4v) is 4.11. The highest BCUT2D eigenvalue weighted by Crippen LogP contribution is 2.18. The highest BCUT2D eigenvalue weighted by atomic mass is 127. The van der Waals surface area contributed by atoms with Gasteiger partial charge in [0.2, 0.25) is 0 Å². The molecule has 0 aliphatic carbocycles. The molecular weight excluding hydrogens is 515 g/mol. The van der Waals surface area contributed by atoms with Crippen molar-refractivity contribution in [2.45, 2.75) is 57.8 Å². The predicted molar refractivity (Wildman–Crippen MR) is 133 cm³/mol. The van der Waals surface area contributed by atoms with Gasteiger partial charge in [0.25, 0.3) is 0 Å². The van der Waals surface area contributed by atoms with E-state index in [4.69, 9.17) is 14.5 Å². The summed E-state index contributed by atoms with van der Waals surface area (Å²) in [6.07, 6.45) is 8.27. The molecule has 172 valence electrons. The maximum absolute atomic E-state index is 6.12. The number of aliphatic imine (C=N–C) groups is 1. The molecule has 3 rings (SSSR count). The minimum atomic E-state index is 0. The molecule has 0 aromatic carbocycles. The van der Waals surface area contributed by atoms with Crippen LogP contribution in [0.4, 0.5) is 0 Å². The van der Waals surface area contributed by atoms with Crippen LogP contribution in [0.2, 0.25) is 0 Å². The average molecular weight is 553 g/mol. The number of rotatable bonds is 9. The minimum Gasteiger partial charge on any atom is -0.376 e. The van der Waals surface area contributed by atoms with Crippen molar-refractivity contribution in [3.63, 3.8) is 0 Å². The molecule has 1 N–H and O–H groups in total. The van der Waals surface area contributed by atoms with Crippen LogP contribution in [-0.4, -0.2) is 82.7 Å². The van der Waals surface area contributed by atoms with Crippen LogP contribution in [0.5, 0.6) is 0 Å². The lowest BCUT2D eigenvalue weighted by molar-refractivity contribution is -0.0367. The Morgan fingerprint density at radius 3 is 2.73 bits per heavy atom. The zero-order chi connectivity index (χ0) is 20.5. The molecular formula is C20H37IN6O2S. The van der Waals surface area contributed by atoms with Crippen LogP contribution >= 0.6 is 35.7 Å². The molecule has 30 heavy (non-hydrogen) atoms. The lowest BCUT2D eigenvalue weighted by Gasteiger charge is -2.34. The summed E-state index contributed by atoms with van der Waals surface area (Å²) >= 11 is 1.88. The van der Waals surface area contributed by atoms with E-state index in [-0.39, 0.29) is 24.0 Å². The van der Waals surface area contributed by atoms with Gasteiger partial charge in [-0.1, -0.05) is 0 Å². The molecule has 2 aliphatic heterocycles. The summed E-state index contributed by atoms with van der Waals surface area (Å²) in [5.74, 6) is 3.93. The minimum absolute atomic E-state index is 0. The molecule has 1 atom stereocenters. The highest BCUT2D eigenvalue weighted by molar-refractivity contribution is 14.0. The summed E-state index contributed by atoms with van der Waals surface area (Å²) in [5, 5.41) is 11.9. The van der Waals surface area contributed by atoms with Gasteiger partial charge in [-0.25, -0.2) is 4.99 Å². The lowest BCUT2D eigenvalue weighted by Crippen LogP contribution is -2.47. The zero-order valence-corrected chi connectivity index (χ0v) is 21.7. The second-order valence-electron chi connectivity index (χ2n) is 7.79. The van der Waals surface area contributed by atoms with Crippen molar-refractivity contribution in [2.75, 3.05) is 44.9 Å². The summed E-state index contributed by atoms with van der Waals surface area (Å²) in [6, 6.07) is 0. The normalized spacial score (nSPS) is 20.4. The van der Waals surface area contributed by atoms with Gasteiger partial charge in [0.1, 0.15) is 12.4 Å². The first kappa shape index (κ1) is 25.7. The van der Waals surface area contributed by atoms with Crippen molar-refractivity contribution in [3.05, 3.63) is 11.6 Å². The number of likely N-dealkylation sites (tertiary alicyclic amines) is 1. The van der Waals surface area contributed by atoms with Crippen molar-refractivity contribution in [3.8, 4) is 0 Å². The van der Waals surface area contributed by atoms with E-state index < -0.39 is 0 Å². The fraction of sp³-hybridized carbons (Fsp3) is 0.850. The standard InChI is InChI=1S/C20H36N6O2S.HI/c1-16-23-24-19(25(16)2)14-22-20(21-9-5-13-29-3)26-10-7-17(8-11-26)28-15-18-6-4-12-27-18;/h17-18H,4-15H2,1-3H3,(H,21,22);1H. The number of thioether (sulfide) groups is 1. The van der Waals surface area contributed by atoms with Gasteiger partial charge in [-0.05, 0) is 51.0 Å². The van der Waals surface area contributed by atoms with Gasteiger partial charge in [0.05, 0.1) is 18.8 Å². The van der Waals surface area contributed by atoms with Gasteiger partial charge in [0, 0.05) is 33.3 Å². The largest absolute Gasteiger partial charge is 0.376 e. The molecule has 1 unspecified atom stereocenters. The fourth-order valence-electron chi connectivity index (χ4n) is 3.67. The molecule has 10 heteroatoms. The molecule has 3 heterocycles. The first-order chi connectivity index (χ1) is 14.2. The first-order valence-electron chi connectivity index (χ1n) is 10.8. The summed E-state index contributed by atoms with van der Waals surface area (Å²) in [5.41, 5.74) is 0. The van der Waals surface area contributed by atoms with E-state index >= 15 is 0 Å². The van der Waals surface area contributed by atoms with Gasteiger partial charge in [-0.3, -0.25) is 0 Å². The molecule has 2 fully saturated rings. The van der Waals surface area contributed by atoms with Crippen LogP contribution in [0.25, 0.3) is 0 Å². The Morgan fingerprint density at radius 1 is 1.30 bits per heavy atom. The molecule has 1 aromatic heterocycles. The second-order valence-corrected chi connectivity index (χ2v) is 8.78. The molecule has 2 aliphatic rings. The molecule has 8 nitrogen and oxygen atoms in total. The predicted octanol–water partition coefficient (Wildman–Crippen LogP) is 2.60. The lowest BCUT2D eigenvalue weighted by atomic mass is 10.1. The van der Waals surface area contributed by atoms with Crippen molar-refractivity contribution in [1.29, 1.82) is 0 Å². The second kappa shape index (κ2) is 13.7. The van der Waals surface area contributed by atoms with Gasteiger partial charge < -0.3 is 24.3 Å². The van der Waals surface area contributed by atoms with E-state index in [1.807, 2.05) is 30.3 Å². The third-order valence-electron chi connectivity index (χ3n) is 5.64. The van der Waals surface area contributed by atoms with E-state index in [0.717, 1.165) is 81.9 Å². The molecule has 0 spiro atoms. The zero-order valence-electron chi connectivity index (χ0n) is 18.5. The topological polar surface area (TPSA) is 76.8 Å². The van der Waals surface area contributed by atoms with Crippen LogP contribution < -0.4 is 5.32 Å². The van der Waals surface area contributed by atoms with Gasteiger partial charge in [-0.2, -0.15) is 11.8 Å². The van der Waals surface area contributed by atoms with Gasteiger partial charge in [0.15, 0.2) is 11.8 Å². The summed E-state index contributed by atoms with van der Waals surface area (Å²) in [7, 11) is 1.99. The van der Waals surface area contributed by atoms with Gasteiger partial charge >= 0.3 is 0 Å². The van der Waals surface area contributed by atoms with Crippen molar-refractivity contribution >= 4 is 41.7 Å². The van der Waals surface area contributed by atoms with Crippen molar-refractivity contribution in [2.24, 2.45) is 12.0 Å². The van der Waals surface area contributed by atoms with Crippen LogP contribution in [-0.2, 0) is 23.1 Å². The smallest absolute Gasteiger partial charge is 0.194 e. The number of aromatic nitrogens is 3. The van der Waals surface area contributed by atoms with Crippen LogP contribution in [0.15, 0.2) is 4.99 Å². The monoisotopic (exact) mass is 552 g/mol. The molecule has 0 saturated carbocycles. The Balaban J connectivity index is 0.00000320. The van der Waals surface area contributed by atoms with Crippen LogP contribution in [0, 0.1) is 6.92 Å². The van der Waals surface area contributed by atoms with Crippen LogP contribution in [0.3, 0.4) is 0 Å². The molecule has 1 aromatic rings. The molecule has 0 radical (unpaired) electrons. The van der Waals surface area contributed by atoms with E-state index in [1.54, 1.807) is 0 Å². The Bertz CT molecular complexity index is 645.